The van der Waals surface area contributed by atoms with Crippen LogP contribution in [0, 0.1) is 11.6 Å². The predicted molar refractivity (Wildman–Crippen MR) is 116 cm³/mol. The first-order chi connectivity index (χ1) is 15.3. The van der Waals surface area contributed by atoms with Crippen LogP contribution in [0.4, 0.5) is 14.5 Å². The average Bonchev–Trinajstić information content (AvgIpc) is 3.46. The summed E-state index contributed by atoms with van der Waals surface area (Å²) in [5.74, 6) is -1.20. The molecule has 0 atom stereocenters. The molecule has 0 fully saturated rings. The minimum atomic E-state index is -4.11. The highest BCUT2D eigenvalue weighted by atomic mass is 32.2. The first kappa shape index (κ1) is 21.9. The minimum Gasteiger partial charge on any atom is -0.494 e. The SMILES string of the molecule is CCOc1ccc(-c2noc(-c3sccc3S(=O)(=O)N(C)c3ccc(F)c(F)c3)n2)cc1. The normalized spacial score (nSPS) is 11.5. The number of anilines is 1. The molecular formula is C21H17F2N3O4S2. The molecule has 166 valence electrons. The zero-order chi connectivity index (χ0) is 22.9. The van der Waals surface area contributed by atoms with Gasteiger partial charge in [-0.15, -0.1) is 11.3 Å². The van der Waals surface area contributed by atoms with Gasteiger partial charge in [0.05, 0.1) is 12.3 Å². The monoisotopic (exact) mass is 477 g/mol. The van der Waals surface area contributed by atoms with Crippen LogP contribution in [0.3, 0.4) is 0 Å². The van der Waals surface area contributed by atoms with Gasteiger partial charge in [0, 0.05) is 18.7 Å². The third kappa shape index (κ3) is 4.08. The van der Waals surface area contributed by atoms with Crippen LogP contribution in [0.25, 0.3) is 22.2 Å². The van der Waals surface area contributed by atoms with E-state index in [9.17, 15) is 17.2 Å². The van der Waals surface area contributed by atoms with Crippen molar-refractivity contribution in [3.05, 3.63) is 65.5 Å². The van der Waals surface area contributed by atoms with Gasteiger partial charge in [-0.05, 0) is 54.8 Å². The van der Waals surface area contributed by atoms with Gasteiger partial charge in [0.25, 0.3) is 15.9 Å². The molecule has 2 aromatic heterocycles. The summed E-state index contributed by atoms with van der Waals surface area (Å²) in [6.45, 7) is 2.43. The molecule has 0 N–H and O–H groups in total. The standard InChI is InChI=1S/C21H17F2N3O4S2/c1-3-29-15-7-4-13(5-8-15)20-24-21(30-25-20)19-18(10-11-31-19)32(27,28)26(2)14-6-9-16(22)17(23)12-14/h4-12H,3H2,1-2H3. The lowest BCUT2D eigenvalue weighted by atomic mass is 10.2. The van der Waals surface area contributed by atoms with Gasteiger partial charge < -0.3 is 9.26 Å². The number of aromatic nitrogens is 2. The Morgan fingerprint density at radius 3 is 2.53 bits per heavy atom. The van der Waals surface area contributed by atoms with E-state index in [1.165, 1.54) is 19.2 Å². The average molecular weight is 478 g/mol. The number of nitrogens with zero attached hydrogens (tertiary/aromatic N) is 3. The molecule has 0 saturated heterocycles. The number of ether oxygens (including phenoxy) is 1. The van der Waals surface area contributed by atoms with Crippen molar-refractivity contribution in [1.29, 1.82) is 0 Å². The minimum absolute atomic E-state index is 0.0262. The molecule has 0 spiro atoms. The van der Waals surface area contributed by atoms with Crippen molar-refractivity contribution in [3.63, 3.8) is 0 Å². The van der Waals surface area contributed by atoms with Crippen LogP contribution in [0.1, 0.15) is 6.92 Å². The van der Waals surface area contributed by atoms with Crippen LogP contribution in [0.2, 0.25) is 0 Å². The van der Waals surface area contributed by atoms with E-state index in [1.807, 2.05) is 6.92 Å². The van der Waals surface area contributed by atoms with Gasteiger partial charge in [-0.25, -0.2) is 17.2 Å². The Morgan fingerprint density at radius 2 is 1.84 bits per heavy atom. The number of rotatable bonds is 7. The Balaban J connectivity index is 1.65. The third-order valence-corrected chi connectivity index (χ3v) is 7.44. The van der Waals surface area contributed by atoms with E-state index >= 15 is 0 Å². The highest BCUT2D eigenvalue weighted by Gasteiger charge is 2.29. The topological polar surface area (TPSA) is 85.5 Å². The van der Waals surface area contributed by atoms with E-state index in [2.05, 4.69) is 10.1 Å². The lowest BCUT2D eigenvalue weighted by Crippen LogP contribution is -2.26. The Bertz CT molecular complexity index is 1350. The van der Waals surface area contributed by atoms with Crippen LogP contribution in [0.15, 0.2) is 63.3 Å². The summed E-state index contributed by atoms with van der Waals surface area (Å²) in [4.78, 5) is 4.48. The lowest BCUT2D eigenvalue weighted by Gasteiger charge is -2.19. The van der Waals surface area contributed by atoms with Crippen LogP contribution in [0.5, 0.6) is 5.75 Å². The summed E-state index contributed by atoms with van der Waals surface area (Å²) >= 11 is 1.11. The number of halogens is 2. The van der Waals surface area contributed by atoms with Crippen molar-refractivity contribution in [2.75, 3.05) is 18.0 Å². The predicted octanol–water partition coefficient (Wildman–Crippen LogP) is 4.97. The molecule has 0 aliphatic carbocycles. The zero-order valence-electron chi connectivity index (χ0n) is 17.0. The van der Waals surface area contributed by atoms with Crippen LogP contribution < -0.4 is 9.04 Å². The molecular weight excluding hydrogens is 460 g/mol. The second-order valence-electron chi connectivity index (χ2n) is 6.57. The highest BCUT2D eigenvalue weighted by molar-refractivity contribution is 7.93. The van der Waals surface area contributed by atoms with Crippen LogP contribution >= 0.6 is 11.3 Å². The first-order valence-corrected chi connectivity index (χ1v) is 11.7. The van der Waals surface area contributed by atoms with Crippen molar-refractivity contribution < 1.29 is 26.5 Å². The van der Waals surface area contributed by atoms with Gasteiger partial charge >= 0.3 is 0 Å². The second kappa shape index (κ2) is 8.67. The van der Waals surface area contributed by atoms with Crippen molar-refractivity contribution in [1.82, 2.24) is 10.1 Å². The molecule has 0 radical (unpaired) electrons. The maximum atomic E-state index is 13.6. The molecule has 11 heteroatoms. The summed E-state index contributed by atoms with van der Waals surface area (Å²) in [7, 11) is -2.86. The summed E-state index contributed by atoms with van der Waals surface area (Å²) in [5.41, 5.74) is 0.643. The Labute approximate surface area is 186 Å². The van der Waals surface area contributed by atoms with Gasteiger partial charge in [0.1, 0.15) is 15.5 Å². The smallest absolute Gasteiger partial charge is 0.269 e. The highest BCUT2D eigenvalue weighted by Crippen LogP contribution is 2.35. The Hall–Kier alpha value is -3.31. The van der Waals surface area contributed by atoms with Gasteiger partial charge in [0.2, 0.25) is 5.82 Å². The molecule has 2 aromatic carbocycles. The van der Waals surface area contributed by atoms with E-state index < -0.39 is 21.7 Å². The fraction of sp³-hybridized carbons (Fsp3) is 0.143. The molecule has 0 aliphatic heterocycles. The van der Waals surface area contributed by atoms with E-state index in [0.29, 0.717) is 17.9 Å². The van der Waals surface area contributed by atoms with Gasteiger partial charge in [0.15, 0.2) is 11.6 Å². The molecule has 4 rings (SSSR count). The third-order valence-electron chi connectivity index (χ3n) is 4.58. The largest absolute Gasteiger partial charge is 0.494 e. The molecule has 2 heterocycles. The molecule has 32 heavy (non-hydrogen) atoms. The van der Waals surface area contributed by atoms with Crippen molar-refractivity contribution in [2.24, 2.45) is 0 Å². The molecule has 7 nitrogen and oxygen atoms in total. The molecule has 0 amide bonds. The number of hydrogen-bond acceptors (Lipinski definition) is 7. The Morgan fingerprint density at radius 1 is 1.09 bits per heavy atom. The van der Waals surface area contributed by atoms with E-state index in [0.717, 1.165) is 27.8 Å². The summed E-state index contributed by atoms with van der Waals surface area (Å²) < 4.78 is 64.8. The van der Waals surface area contributed by atoms with E-state index in [1.54, 1.807) is 29.6 Å². The van der Waals surface area contributed by atoms with Crippen molar-refractivity contribution >= 4 is 27.0 Å². The molecule has 0 aliphatic rings. The maximum Gasteiger partial charge on any atom is 0.269 e. The fourth-order valence-corrected chi connectivity index (χ4v) is 5.43. The number of benzene rings is 2. The molecule has 0 unspecified atom stereocenters. The van der Waals surface area contributed by atoms with Gasteiger partial charge in [-0.3, -0.25) is 4.31 Å². The summed E-state index contributed by atoms with van der Waals surface area (Å²) in [5, 5.41) is 5.52. The molecule has 4 aromatic rings. The number of hydrogen-bond donors (Lipinski definition) is 0. The second-order valence-corrected chi connectivity index (χ2v) is 9.42. The lowest BCUT2D eigenvalue weighted by molar-refractivity contribution is 0.340. The molecule has 0 bridgehead atoms. The van der Waals surface area contributed by atoms with Crippen molar-refractivity contribution in [3.8, 4) is 27.9 Å². The Kier molecular flexibility index (Phi) is 5.94. The van der Waals surface area contributed by atoms with E-state index in [4.69, 9.17) is 9.26 Å². The van der Waals surface area contributed by atoms with Gasteiger partial charge in [-0.2, -0.15) is 4.98 Å². The number of thiophene rings is 1. The zero-order valence-corrected chi connectivity index (χ0v) is 18.6. The van der Waals surface area contributed by atoms with E-state index in [-0.39, 0.29) is 27.2 Å². The van der Waals surface area contributed by atoms with Crippen LogP contribution in [-0.2, 0) is 10.0 Å². The van der Waals surface area contributed by atoms with Crippen molar-refractivity contribution in [2.45, 2.75) is 11.8 Å². The summed E-state index contributed by atoms with van der Waals surface area (Å²) in [6.07, 6.45) is 0. The summed E-state index contributed by atoms with van der Waals surface area (Å²) in [6, 6.07) is 11.3. The number of sulfonamides is 1. The molecule has 0 saturated carbocycles. The van der Waals surface area contributed by atoms with Crippen LogP contribution in [-0.4, -0.2) is 32.2 Å². The maximum absolute atomic E-state index is 13.6. The first-order valence-electron chi connectivity index (χ1n) is 9.40. The quantitative estimate of drug-likeness (QED) is 0.374. The van der Waals surface area contributed by atoms with Gasteiger partial charge in [-0.1, -0.05) is 5.16 Å². The fourth-order valence-electron chi connectivity index (χ4n) is 2.92.